The van der Waals surface area contributed by atoms with E-state index in [1.807, 2.05) is 6.92 Å². The lowest BCUT2D eigenvalue weighted by Gasteiger charge is -2.15. The average Bonchev–Trinajstić information content (AvgIpc) is 2.13. The quantitative estimate of drug-likeness (QED) is 0.501. The highest BCUT2D eigenvalue weighted by molar-refractivity contribution is 5.79. The highest BCUT2D eigenvalue weighted by Gasteiger charge is 2.32. The number of amides is 1. The standard InChI is InChI=1S/C6H11NO2/c1-6(4-8)2-5(9)7-3-6/h8H,2-4H2,1H3,(H,7,9). The minimum Gasteiger partial charge on any atom is -0.396 e. The molecule has 9 heavy (non-hydrogen) atoms. The Labute approximate surface area is 54.1 Å². The Kier molecular flexibility index (Phi) is 1.45. The van der Waals surface area contributed by atoms with Gasteiger partial charge in [-0.15, -0.1) is 0 Å². The summed E-state index contributed by atoms with van der Waals surface area (Å²) >= 11 is 0. The SMILES string of the molecule is CC1(CO)CNC(=O)C1. The number of nitrogens with one attached hydrogen (secondary N) is 1. The van der Waals surface area contributed by atoms with Gasteiger partial charge >= 0.3 is 0 Å². The largest absolute Gasteiger partial charge is 0.396 e. The van der Waals surface area contributed by atoms with E-state index in [1.54, 1.807) is 0 Å². The van der Waals surface area contributed by atoms with Crippen molar-refractivity contribution in [2.75, 3.05) is 13.2 Å². The second-order valence-electron chi connectivity index (χ2n) is 2.92. The van der Waals surface area contributed by atoms with E-state index in [1.165, 1.54) is 0 Å². The molecule has 0 aromatic carbocycles. The van der Waals surface area contributed by atoms with Crippen LogP contribution < -0.4 is 5.32 Å². The zero-order valence-corrected chi connectivity index (χ0v) is 5.48. The molecule has 1 fully saturated rings. The van der Waals surface area contributed by atoms with Gasteiger partial charge in [-0.1, -0.05) is 6.92 Å². The van der Waals surface area contributed by atoms with E-state index in [2.05, 4.69) is 5.32 Å². The van der Waals surface area contributed by atoms with Crippen LogP contribution in [0.3, 0.4) is 0 Å². The van der Waals surface area contributed by atoms with E-state index in [0.29, 0.717) is 13.0 Å². The van der Waals surface area contributed by atoms with Crippen LogP contribution in [0.1, 0.15) is 13.3 Å². The van der Waals surface area contributed by atoms with E-state index in [0.717, 1.165) is 0 Å². The molecule has 1 aliphatic heterocycles. The first kappa shape index (κ1) is 6.55. The van der Waals surface area contributed by atoms with Gasteiger partial charge in [-0.25, -0.2) is 0 Å². The van der Waals surface area contributed by atoms with Gasteiger partial charge in [-0.2, -0.15) is 0 Å². The normalized spacial score (nSPS) is 34.7. The Balaban J connectivity index is 2.54. The molecule has 0 aromatic heterocycles. The fourth-order valence-corrected chi connectivity index (χ4v) is 0.936. The molecular formula is C6H11NO2. The molecule has 0 spiro atoms. The van der Waals surface area contributed by atoms with Crippen molar-refractivity contribution in [1.29, 1.82) is 0 Å². The Bertz CT molecular complexity index is 135. The van der Waals surface area contributed by atoms with Crippen LogP contribution in [0, 0.1) is 5.41 Å². The number of rotatable bonds is 1. The van der Waals surface area contributed by atoms with E-state index < -0.39 is 0 Å². The fourth-order valence-electron chi connectivity index (χ4n) is 0.936. The Morgan fingerprint density at radius 2 is 2.56 bits per heavy atom. The molecule has 1 rings (SSSR count). The van der Waals surface area contributed by atoms with E-state index >= 15 is 0 Å². The molecule has 0 aromatic rings. The number of aliphatic hydroxyl groups is 1. The Hall–Kier alpha value is -0.570. The van der Waals surface area contributed by atoms with Crippen molar-refractivity contribution >= 4 is 5.91 Å². The molecule has 1 heterocycles. The number of hydrogen-bond acceptors (Lipinski definition) is 2. The molecule has 1 aliphatic rings. The summed E-state index contributed by atoms with van der Waals surface area (Å²) in [5.74, 6) is 0.0477. The summed E-state index contributed by atoms with van der Waals surface area (Å²) in [7, 11) is 0. The summed E-state index contributed by atoms with van der Waals surface area (Å²) < 4.78 is 0. The average molecular weight is 129 g/mol. The number of carbonyl (C=O) groups excluding carboxylic acids is 1. The van der Waals surface area contributed by atoms with Crippen LogP contribution >= 0.6 is 0 Å². The van der Waals surface area contributed by atoms with Gasteiger partial charge in [0.15, 0.2) is 0 Å². The summed E-state index contributed by atoms with van der Waals surface area (Å²) in [6.07, 6.45) is 0.462. The zero-order valence-electron chi connectivity index (χ0n) is 5.48. The molecule has 1 amide bonds. The molecule has 2 N–H and O–H groups in total. The molecule has 0 bridgehead atoms. The lowest BCUT2D eigenvalue weighted by molar-refractivity contribution is -0.119. The van der Waals surface area contributed by atoms with E-state index in [9.17, 15) is 4.79 Å². The highest BCUT2D eigenvalue weighted by atomic mass is 16.3. The Morgan fingerprint density at radius 3 is 2.78 bits per heavy atom. The second-order valence-corrected chi connectivity index (χ2v) is 2.92. The lowest BCUT2D eigenvalue weighted by atomic mass is 9.91. The molecule has 1 atom stereocenters. The molecule has 0 aliphatic carbocycles. The summed E-state index contributed by atoms with van der Waals surface area (Å²) in [6.45, 7) is 2.60. The number of hydrogen-bond donors (Lipinski definition) is 2. The maximum atomic E-state index is 10.6. The first-order chi connectivity index (χ1) is 4.16. The van der Waals surface area contributed by atoms with Crippen LogP contribution in [0.4, 0.5) is 0 Å². The first-order valence-electron chi connectivity index (χ1n) is 3.04. The summed E-state index contributed by atoms with van der Waals surface area (Å²) in [5.41, 5.74) is -0.197. The molecule has 52 valence electrons. The van der Waals surface area contributed by atoms with E-state index in [-0.39, 0.29) is 17.9 Å². The summed E-state index contributed by atoms with van der Waals surface area (Å²) in [6, 6.07) is 0. The number of carbonyl (C=O) groups is 1. The summed E-state index contributed by atoms with van der Waals surface area (Å²) in [5, 5.41) is 11.4. The summed E-state index contributed by atoms with van der Waals surface area (Å²) in [4.78, 5) is 10.6. The predicted molar refractivity (Wildman–Crippen MR) is 32.8 cm³/mol. The van der Waals surface area contributed by atoms with Gasteiger partial charge in [0.05, 0.1) is 6.61 Å². The van der Waals surface area contributed by atoms with Crippen molar-refractivity contribution in [3.8, 4) is 0 Å². The smallest absolute Gasteiger partial charge is 0.220 e. The van der Waals surface area contributed by atoms with Crippen molar-refractivity contribution in [2.45, 2.75) is 13.3 Å². The fraction of sp³-hybridized carbons (Fsp3) is 0.833. The third-order valence-corrected chi connectivity index (χ3v) is 1.68. The van der Waals surface area contributed by atoms with Crippen LogP contribution in [-0.4, -0.2) is 24.2 Å². The van der Waals surface area contributed by atoms with Crippen LogP contribution in [-0.2, 0) is 4.79 Å². The van der Waals surface area contributed by atoms with Crippen LogP contribution in [0.15, 0.2) is 0 Å². The van der Waals surface area contributed by atoms with Crippen LogP contribution in [0.25, 0.3) is 0 Å². The topological polar surface area (TPSA) is 49.3 Å². The van der Waals surface area contributed by atoms with Gasteiger partial charge in [-0.3, -0.25) is 4.79 Å². The molecule has 1 saturated heterocycles. The maximum Gasteiger partial charge on any atom is 0.220 e. The predicted octanol–water partition coefficient (Wildman–Crippen LogP) is -0.495. The minimum absolute atomic E-state index is 0.0477. The van der Waals surface area contributed by atoms with Crippen molar-refractivity contribution in [1.82, 2.24) is 5.32 Å². The number of aliphatic hydroxyl groups excluding tert-OH is 1. The van der Waals surface area contributed by atoms with Crippen LogP contribution in [0.2, 0.25) is 0 Å². The van der Waals surface area contributed by atoms with Gasteiger partial charge in [-0.05, 0) is 0 Å². The lowest BCUT2D eigenvalue weighted by Crippen LogP contribution is -2.23. The Morgan fingerprint density at radius 1 is 1.89 bits per heavy atom. The third-order valence-electron chi connectivity index (χ3n) is 1.68. The minimum atomic E-state index is -0.197. The van der Waals surface area contributed by atoms with Gasteiger partial charge in [0.1, 0.15) is 0 Å². The highest BCUT2D eigenvalue weighted by Crippen LogP contribution is 2.23. The molecule has 0 radical (unpaired) electrons. The van der Waals surface area contributed by atoms with Gasteiger partial charge in [0.2, 0.25) is 5.91 Å². The second kappa shape index (κ2) is 1.99. The van der Waals surface area contributed by atoms with Crippen molar-refractivity contribution in [3.63, 3.8) is 0 Å². The molecule has 1 unspecified atom stereocenters. The molecule has 0 saturated carbocycles. The maximum absolute atomic E-state index is 10.6. The van der Waals surface area contributed by atoms with Crippen molar-refractivity contribution < 1.29 is 9.90 Å². The van der Waals surface area contributed by atoms with Crippen molar-refractivity contribution in [2.24, 2.45) is 5.41 Å². The van der Waals surface area contributed by atoms with Gasteiger partial charge in [0, 0.05) is 18.4 Å². The third kappa shape index (κ3) is 1.21. The first-order valence-corrected chi connectivity index (χ1v) is 3.04. The molecule has 3 nitrogen and oxygen atoms in total. The van der Waals surface area contributed by atoms with Gasteiger partial charge in [0.25, 0.3) is 0 Å². The molecule has 3 heteroatoms. The monoisotopic (exact) mass is 129 g/mol. The van der Waals surface area contributed by atoms with Gasteiger partial charge < -0.3 is 10.4 Å². The van der Waals surface area contributed by atoms with Crippen molar-refractivity contribution in [3.05, 3.63) is 0 Å². The molecular weight excluding hydrogens is 118 g/mol. The van der Waals surface area contributed by atoms with Crippen LogP contribution in [0.5, 0.6) is 0 Å². The van der Waals surface area contributed by atoms with E-state index in [4.69, 9.17) is 5.11 Å². The zero-order chi connectivity index (χ0) is 6.91.